The van der Waals surface area contributed by atoms with E-state index in [0.29, 0.717) is 18.4 Å². The van der Waals surface area contributed by atoms with Gasteiger partial charge < -0.3 is 4.90 Å². The van der Waals surface area contributed by atoms with E-state index in [1.807, 2.05) is 17.0 Å². The molecule has 0 spiro atoms. The summed E-state index contributed by atoms with van der Waals surface area (Å²) in [6, 6.07) is 5.94. The van der Waals surface area contributed by atoms with Crippen molar-refractivity contribution in [3.8, 4) is 0 Å². The van der Waals surface area contributed by atoms with Gasteiger partial charge in [-0.2, -0.15) is 0 Å². The van der Waals surface area contributed by atoms with Gasteiger partial charge in [0, 0.05) is 24.0 Å². The standard InChI is InChI=1S/C19H24ClN3OS/c20-15-4-5-17-16(12-15)21-19(25-17)14-6-10-22(11-7-14)13-18(24)23-8-2-1-3-9-23/h4-5,12,14H,1-3,6-11,13H2. The summed E-state index contributed by atoms with van der Waals surface area (Å²) >= 11 is 7.85. The van der Waals surface area contributed by atoms with E-state index in [-0.39, 0.29) is 0 Å². The number of hydrogen-bond donors (Lipinski definition) is 0. The minimum absolute atomic E-state index is 0.313. The molecule has 2 saturated heterocycles. The van der Waals surface area contributed by atoms with Gasteiger partial charge in [0.1, 0.15) is 0 Å². The first kappa shape index (κ1) is 17.3. The number of thiazole rings is 1. The van der Waals surface area contributed by atoms with Crippen LogP contribution in [0.15, 0.2) is 18.2 Å². The van der Waals surface area contributed by atoms with Gasteiger partial charge in [-0.1, -0.05) is 11.6 Å². The summed E-state index contributed by atoms with van der Waals surface area (Å²) in [4.78, 5) is 21.6. The second-order valence-corrected chi connectivity index (χ2v) is 8.65. The minimum atomic E-state index is 0.313. The van der Waals surface area contributed by atoms with Gasteiger partial charge in [0.15, 0.2) is 0 Å². The van der Waals surface area contributed by atoms with Crippen LogP contribution in [0.3, 0.4) is 0 Å². The van der Waals surface area contributed by atoms with Crippen molar-refractivity contribution in [2.45, 2.75) is 38.0 Å². The summed E-state index contributed by atoms with van der Waals surface area (Å²) in [7, 11) is 0. The Morgan fingerprint density at radius 2 is 1.92 bits per heavy atom. The van der Waals surface area contributed by atoms with Crippen LogP contribution in [0, 0.1) is 0 Å². The van der Waals surface area contributed by atoms with Crippen molar-refractivity contribution in [3.05, 3.63) is 28.2 Å². The van der Waals surface area contributed by atoms with Crippen LogP contribution in [0.25, 0.3) is 10.2 Å². The molecule has 0 aliphatic carbocycles. The van der Waals surface area contributed by atoms with Crippen LogP contribution in [0.5, 0.6) is 0 Å². The van der Waals surface area contributed by atoms with Gasteiger partial charge in [-0.25, -0.2) is 4.98 Å². The number of carbonyl (C=O) groups is 1. The van der Waals surface area contributed by atoms with E-state index in [0.717, 1.165) is 62.4 Å². The Hall–Kier alpha value is -1.17. The van der Waals surface area contributed by atoms with Gasteiger partial charge >= 0.3 is 0 Å². The molecule has 2 fully saturated rings. The molecule has 0 N–H and O–H groups in total. The Labute approximate surface area is 157 Å². The molecule has 1 aromatic heterocycles. The van der Waals surface area contributed by atoms with Gasteiger partial charge in [-0.3, -0.25) is 9.69 Å². The van der Waals surface area contributed by atoms with Crippen LogP contribution in [0.1, 0.15) is 43.0 Å². The molecule has 25 heavy (non-hydrogen) atoms. The number of likely N-dealkylation sites (tertiary alicyclic amines) is 2. The highest BCUT2D eigenvalue weighted by atomic mass is 35.5. The SMILES string of the molecule is O=C(CN1CCC(c2nc3cc(Cl)ccc3s2)CC1)N1CCCCC1. The fourth-order valence-corrected chi connectivity index (χ4v) is 5.15. The first-order chi connectivity index (χ1) is 12.2. The molecular weight excluding hydrogens is 354 g/mol. The molecule has 2 aliphatic rings. The summed E-state index contributed by atoms with van der Waals surface area (Å²) in [5.41, 5.74) is 1.01. The maximum atomic E-state index is 12.4. The van der Waals surface area contributed by atoms with E-state index >= 15 is 0 Å². The third-order valence-corrected chi connectivity index (χ3v) is 6.80. The molecule has 2 aromatic rings. The van der Waals surface area contributed by atoms with E-state index in [1.54, 1.807) is 11.3 Å². The van der Waals surface area contributed by atoms with Crippen LogP contribution < -0.4 is 0 Å². The average Bonchev–Trinajstić information content (AvgIpc) is 3.06. The number of benzene rings is 1. The highest BCUT2D eigenvalue weighted by molar-refractivity contribution is 7.18. The maximum Gasteiger partial charge on any atom is 0.236 e. The van der Waals surface area contributed by atoms with E-state index in [1.165, 1.54) is 16.1 Å². The number of hydrogen-bond acceptors (Lipinski definition) is 4. The van der Waals surface area contributed by atoms with Crippen molar-refractivity contribution in [2.24, 2.45) is 0 Å². The molecular formula is C19H24ClN3OS. The second kappa shape index (κ2) is 7.60. The lowest BCUT2D eigenvalue weighted by Gasteiger charge is -2.33. The van der Waals surface area contributed by atoms with Crippen molar-refractivity contribution in [1.29, 1.82) is 0 Å². The monoisotopic (exact) mass is 377 g/mol. The Balaban J connectivity index is 1.33. The van der Waals surface area contributed by atoms with Crippen molar-refractivity contribution in [1.82, 2.24) is 14.8 Å². The summed E-state index contributed by atoms with van der Waals surface area (Å²) < 4.78 is 1.21. The van der Waals surface area contributed by atoms with Crippen molar-refractivity contribution in [3.63, 3.8) is 0 Å². The first-order valence-electron chi connectivity index (χ1n) is 9.25. The molecule has 2 aliphatic heterocycles. The summed E-state index contributed by atoms with van der Waals surface area (Å²) in [5, 5.41) is 1.97. The van der Waals surface area contributed by atoms with Crippen LogP contribution in [-0.4, -0.2) is 53.4 Å². The number of carbonyl (C=O) groups excluding carboxylic acids is 1. The second-order valence-electron chi connectivity index (χ2n) is 7.16. The number of halogens is 1. The summed E-state index contributed by atoms with van der Waals surface area (Å²) in [5.74, 6) is 0.824. The largest absolute Gasteiger partial charge is 0.342 e. The van der Waals surface area contributed by atoms with Gasteiger partial charge in [0.2, 0.25) is 5.91 Å². The molecule has 0 radical (unpaired) electrons. The Morgan fingerprint density at radius 3 is 2.68 bits per heavy atom. The molecule has 6 heteroatoms. The number of rotatable bonds is 3. The predicted octanol–water partition coefficient (Wildman–Crippen LogP) is 4.14. The molecule has 0 bridgehead atoms. The topological polar surface area (TPSA) is 36.4 Å². The highest BCUT2D eigenvalue weighted by Crippen LogP contribution is 2.34. The third kappa shape index (κ3) is 3.99. The minimum Gasteiger partial charge on any atom is -0.342 e. The Morgan fingerprint density at radius 1 is 1.16 bits per heavy atom. The smallest absolute Gasteiger partial charge is 0.236 e. The van der Waals surface area contributed by atoms with E-state index in [9.17, 15) is 4.79 Å². The van der Waals surface area contributed by atoms with E-state index in [2.05, 4.69) is 11.0 Å². The van der Waals surface area contributed by atoms with Crippen LogP contribution in [0.4, 0.5) is 0 Å². The zero-order chi connectivity index (χ0) is 17.2. The van der Waals surface area contributed by atoms with Gasteiger partial charge in [0.25, 0.3) is 0 Å². The Bertz CT molecular complexity index is 748. The normalized spacial score (nSPS) is 20.3. The number of nitrogens with zero attached hydrogens (tertiary/aromatic N) is 3. The molecule has 1 amide bonds. The van der Waals surface area contributed by atoms with Crippen LogP contribution >= 0.6 is 22.9 Å². The van der Waals surface area contributed by atoms with Crippen molar-refractivity contribution in [2.75, 3.05) is 32.7 Å². The molecule has 134 valence electrons. The Kier molecular flexibility index (Phi) is 5.25. The van der Waals surface area contributed by atoms with Gasteiger partial charge in [-0.05, 0) is 63.4 Å². The quantitative estimate of drug-likeness (QED) is 0.806. The fourth-order valence-electron chi connectivity index (χ4n) is 3.87. The van der Waals surface area contributed by atoms with Gasteiger partial charge in [0.05, 0.1) is 21.8 Å². The number of amides is 1. The molecule has 4 nitrogen and oxygen atoms in total. The van der Waals surface area contributed by atoms with Crippen LogP contribution in [-0.2, 0) is 4.79 Å². The molecule has 0 saturated carbocycles. The first-order valence-corrected chi connectivity index (χ1v) is 10.4. The number of fused-ring (bicyclic) bond motifs is 1. The fraction of sp³-hybridized carbons (Fsp3) is 0.579. The zero-order valence-electron chi connectivity index (χ0n) is 14.4. The molecule has 3 heterocycles. The van der Waals surface area contributed by atoms with Crippen molar-refractivity contribution < 1.29 is 4.79 Å². The summed E-state index contributed by atoms with van der Waals surface area (Å²) in [6.45, 7) is 4.46. The summed E-state index contributed by atoms with van der Waals surface area (Å²) in [6.07, 6.45) is 5.76. The maximum absolute atomic E-state index is 12.4. The third-order valence-electron chi connectivity index (χ3n) is 5.37. The number of aromatic nitrogens is 1. The van der Waals surface area contributed by atoms with Crippen molar-refractivity contribution >= 4 is 39.1 Å². The molecule has 1 aromatic carbocycles. The van der Waals surface area contributed by atoms with Gasteiger partial charge in [-0.15, -0.1) is 11.3 Å². The van der Waals surface area contributed by atoms with Crippen LogP contribution in [0.2, 0.25) is 5.02 Å². The molecule has 0 unspecified atom stereocenters. The predicted molar refractivity (Wildman–Crippen MR) is 103 cm³/mol. The number of piperidine rings is 2. The molecule has 0 atom stereocenters. The average molecular weight is 378 g/mol. The van der Waals surface area contributed by atoms with E-state index in [4.69, 9.17) is 16.6 Å². The highest BCUT2D eigenvalue weighted by Gasteiger charge is 2.26. The van der Waals surface area contributed by atoms with E-state index < -0.39 is 0 Å². The lowest BCUT2D eigenvalue weighted by molar-refractivity contribution is -0.133. The lowest BCUT2D eigenvalue weighted by Crippen LogP contribution is -2.44. The molecule has 4 rings (SSSR count). The lowest BCUT2D eigenvalue weighted by atomic mass is 9.97. The zero-order valence-corrected chi connectivity index (χ0v) is 16.0.